The van der Waals surface area contributed by atoms with E-state index >= 15 is 0 Å². The molecule has 4 N–H and O–H groups in total. The van der Waals surface area contributed by atoms with Crippen LogP contribution in [0.1, 0.15) is 68.0 Å². The summed E-state index contributed by atoms with van der Waals surface area (Å²) in [6.45, 7) is 3.08. The Labute approximate surface area is 185 Å². The van der Waals surface area contributed by atoms with Gasteiger partial charge in [-0.1, -0.05) is 19.3 Å². The molecule has 0 saturated heterocycles. The molecule has 7 nitrogen and oxygen atoms in total. The number of aromatic nitrogens is 1. The number of hydrogen-bond acceptors (Lipinski definition) is 6. The summed E-state index contributed by atoms with van der Waals surface area (Å²) in [6.07, 6.45) is 7.17. The third-order valence-electron chi connectivity index (χ3n) is 5.73. The van der Waals surface area contributed by atoms with Crippen LogP contribution in [0.4, 0.5) is 14.9 Å². The van der Waals surface area contributed by atoms with Gasteiger partial charge in [0.05, 0.1) is 6.20 Å². The molecule has 168 valence electrons. The molecule has 0 aliphatic heterocycles. The molecule has 1 unspecified atom stereocenters. The van der Waals surface area contributed by atoms with E-state index in [1.165, 1.54) is 24.8 Å². The first-order valence-corrected chi connectivity index (χ1v) is 12.8. The van der Waals surface area contributed by atoms with Gasteiger partial charge < -0.3 is 10.4 Å². The molecule has 2 saturated carbocycles. The van der Waals surface area contributed by atoms with Crippen molar-refractivity contribution in [1.82, 2.24) is 9.71 Å². The van der Waals surface area contributed by atoms with Gasteiger partial charge in [-0.25, -0.2) is 27.9 Å². The molecule has 1 aromatic heterocycles. The number of amides is 2. The van der Waals surface area contributed by atoms with Crippen molar-refractivity contribution in [3.63, 3.8) is 0 Å². The second kappa shape index (κ2) is 8.14. The van der Waals surface area contributed by atoms with Crippen LogP contribution in [0, 0.1) is 16.5 Å². The highest BCUT2D eigenvalue weighted by molar-refractivity contribution is 7.93. The van der Waals surface area contributed by atoms with E-state index in [0.717, 1.165) is 48.1 Å². The van der Waals surface area contributed by atoms with Crippen LogP contribution in [0.3, 0.4) is 0 Å². The van der Waals surface area contributed by atoms with Crippen molar-refractivity contribution in [2.75, 3.05) is 5.32 Å². The summed E-state index contributed by atoms with van der Waals surface area (Å²) >= 11 is 0.921. The van der Waals surface area contributed by atoms with Gasteiger partial charge in [-0.3, -0.25) is 0 Å². The van der Waals surface area contributed by atoms with Gasteiger partial charge in [-0.15, -0.1) is 11.3 Å². The number of thiazole rings is 1. The maximum Gasteiger partial charge on any atom is 0.331 e. The summed E-state index contributed by atoms with van der Waals surface area (Å²) in [7, 11) is -3.67. The molecule has 0 bridgehead atoms. The molecule has 0 spiro atoms. The second-order valence-electron chi connectivity index (χ2n) is 8.96. The summed E-state index contributed by atoms with van der Waals surface area (Å²) in [5.41, 5.74) is 0.859. The Morgan fingerprint density at radius 2 is 2.06 bits per heavy atom. The molecule has 0 radical (unpaired) electrons. The molecule has 4 rings (SSSR count). The smallest absolute Gasteiger partial charge is 0.331 e. The van der Waals surface area contributed by atoms with E-state index in [1.54, 1.807) is 13.8 Å². The zero-order chi connectivity index (χ0) is 22.4. The molecule has 2 fully saturated rings. The standard InChI is InChI=1S/C21H27FN4O3S2/c1-21(2,28)19-24-11-17(30-19)31(23,29)26-20(27)25-18-14(8-12-4-3-5-12)9-15(22)10-16(18)13-6-7-13/h9-13,28H,3-8H2,1-2H3,(H3,23,25,26,27,29). The predicted octanol–water partition coefficient (Wildman–Crippen LogP) is 4.87. The zero-order valence-electron chi connectivity index (χ0n) is 17.5. The van der Waals surface area contributed by atoms with Crippen molar-refractivity contribution in [2.45, 2.75) is 68.1 Å². The van der Waals surface area contributed by atoms with Crippen LogP contribution in [0.25, 0.3) is 0 Å². The van der Waals surface area contributed by atoms with Crippen LogP contribution in [-0.2, 0) is 21.9 Å². The Morgan fingerprint density at radius 3 is 2.61 bits per heavy atom. The molecular formula is C21H27FN4O3S2. The topological polar surface area (TPSA) is 115 Å². The summed E-state index contributed by atoms with van der Waals surface area (Å²) in [6, 6.07) is 2.16. The van der Waals surface area contributed by atoms with Crippen molar-refractivity contribution in [1.29, 1.82) is 4.78 Å². The van der Waals surface area contributed by atoms with Crippen LogP contribution in [0.2, 0.25) is 0 Å². The van der Waals surface area contributed by atoms with E-state index in [4.69, 9.17) is 4.78 Å². The first-order chi connectivity index (χ1) is 14.5. The highest BCUT2D eigenvalue weighted by atomic mass is 32.2. The quantitative estimate of drug-likeness (QED) is 0.466. The number of urea groups is 1. The van der Waals surface area contributed by atoms with Crippen LogP contribution in [-0.4, -0.2) is 20.3 Å². The maximum atomic E-state index is 14.3. The molecule has 1 aromatic carbocycles. The Hall–Kier alpha value is -2.04. The van der Waals surface area contributed by atoms with Crippen molar-refractivity contribution in [3.8, 4) is 0 Å². The van der Waals surface area contributed by atoms with Gasteiger partial charge in [0.1, 0.15) is 20.6 Å². The summed E-state index contributed by atoms with van der Waals surface area (Å²) < 4.78 is 37.6. The number of carbonyl (C=O) groups is 1. The predicted molar refractivity (Wildman–Crippen MR) is 118 cm³/mol. The van der Waals surface area contributed by atoms with E-state index in [-0.39, 0.29) is 15.9 Å². The van der Waals surface area contributed by atoms with Crippen LogP contribution in [0.15, 0.2) is 22.5 Å². The number of hydrogen-bond donors (Lipinski definition) is 4. The Balaban J connectivity index is 1.55. The fourth-order valence-electron chi connectivity index (χ4n) is 3.72. The van der Waals surface area contributed by atoms with Gasteiger partial charge in [0.25, 0.3) is 0 Å². The van der Waals surface area contributed by atoms with Gasteiger partial charge in [-0.2, -0.15) is 0 Å². The van der Waals surface area contributed by atoms with E-state index in [0.29, 0.717) is 23.0 Å². The van der Waals surface area contributed by atoms with Crippen LogP contribution < -0.4 is 10.0 Å². The minimum Gasteiger partial charge on any atom is -0.383 e. The fourth-order valence-corrected chi connectivity index (χ4v) is 5.82. The lowest BCUT2D eigenvalue weighted by Gasteiger charge is -2.27. The number of aliphatic hydroxyl groups is 1. The number of carbonyl (C=O) groups excluding carboxylic acids is 1. The first-order valence-electron chi connectivity index (χ1n) is 10.4. The monoisotopic (exact) mass is 466 g/mol. The van der Waals surface area contributed by atoms with Gasteiger partial charge in [0.15, 0.2) is 9.92 Å². The zero-order valence-corrected chi connectivity index (χ0v) is 19.2. The van der Waals surface area contributed by atoms with Crippen molar-refractivity contribution < 1.29 is 18.5 Å². The third kappa shape index (κ3) is 5.07. The molecule has 2 amide bonds. The third-order valence-corrected chi connectivity index (χ3v) is 8.94. The fraction of sp³-hybridized carbons (Fsp3) is 0.524. The number of anilines is 1. The highest BCUT2D eigenvalue weighted by Crippen LogP contribution is 2.46. The van der Waals surface area contributed by atoms with Crippen molar-refractivity contribution >= 4 is 33.0 Å². The Kier molecular flexibility index (Phi) is 5.82. The van der Waals surface area contributed by atoms with E-state index in [2.05, 4.69) is 15.0 Å². The lowest BCUT2D eigenvalue weighted by molar-refractivity contribution is 0.0783. The molecule has 1 heterocycles. The molecule has 10 heteroatoms. The highest BCUT2D eigenvalue weighted by Gasteiger charge is 2.31. The SMILES string of the molecule is CC(C)(O)c1ncc(S(=N)(=O)NC(=O)Nc2c(CC3CCC3)cc(F)cc2C2CC2)s1. The second-order valence-corrected chi connectivity index (χ2v) is 12.0. The van der Waals surface area contributed by atoms with Gasteiger partial charge in [-0.05, 0) is 68.2 Å². The van der Waals surface area contributed by atoms with Gasteiger partial charge in [0, 0.05) is 5.69 Å². The molecule has 2 aliphatic rings. The Bertz CT molecular complexity index is 1100. The molecule has 31 heavy (non-hydrogen) atoms. The lowest BCUT2D eigenvalue weighted by atomic mass is 9.80. The largest absolute Gasteiger partial charge is 0.383 e. The number of rotatable bonds is 7. The summed E-state index contributed by atoms with van der Waals surface area (Å²) in [5.74, 6) is 0.382. The summed E-state index contributed by atoms with van der Waals surface area (Å²) in [4.78, 5) is 16.7. The molecule has 2 aromatic rings. The number of nitrogens with one attached hydrogen (secondary N) is 3. The van der Waals surface area contributed by atoms with E-state index in [9.17, 15) is 18.5 Å². The van der Waals surface area contributed by atoms with Gasteiger partial charge in [0.2, 0.25) is 0 Å². The average Bonchev–Trinajstić information content (AvgIpc) is 3.32. The van der Waals surface area contributed by atoms with E-state index < -0.39 is 21.5 Å². The lowest BCUT2D eigenvalue weighted by Crippen LogP contribution is -2.34. The molecule has 1 atom stereocenters. The molecule has 2 aliphatic carbocycles. The minimum atomic E-state index is -3.67. The minimum absolute atomic E-state index is 0.0518. The van der Waals surface area contributed by atoms with Crippen LogP contribution in [0.5, 0.6) is 0 Å². The molecular weight excluding hydrogens is 439 g/mol. The first kappa shape index (κ1) is 22.2. The van der Waals surface area contributed by atoms with Crippen molar-refractivity contribution in [3.05, 3.63) is 40.3 Å². The van der Waals surface area contributed by atoms with Crippen molar-refractivity contribution in [2.24, 2.45) is 5.92 Å². The Morgan fingerprint density at radius 1 is 1.35 bits per heavy atom. The maximum absolute atomic E-state index is 14.3. The number of benzene rings is 1. The van der Waals surface area contributed by atoms with Crippen LogP contribution >= 0.6 is 11.3 Å². The van der Waals surface area contributed by atoms with Gasteiger partial charge >= 0.3 is 6.03 Å². The normalized spacial score (nSPS) is 18.8. The average molecular weight is 467 g/mol. The van der Waals surface area contributed by atoms with E-state index in [1.807, 2.05) is 0 Å². The number of halogens is 1. The summed E-state index contributed by atoms with van der Waals surface area (Å²) in [5, 5.41) is 13.1. The number of nitrogens with zero attached hydrogens (tertiary/aromatic N) is 1.